The van der Waals surface area contributed by atoms with Crippen LogP contribution in [0.3, 0.4) is 0 Å². The number of benzene rings is 1. The molecular formula is C26H45OZr+2. The van der Waals surface area contributed by atoms with Crippen LogP contribution in [0.15, 0.2) is 36.4 Å². The normalized spacial score (nSPS) is 15.3. The summed E-state index contributed by atoms with van der Waals surface area (Å²) in [5.41, 5.74) is 1.20. The zero-order chi connectivity index (χ0) is 20.3. The number of aliphatic hydroxyl groups excluding tert-OH is 1. The van der Waals surface area contributed by atoms with E-state index in [2.05, 4.69) is 6.92 Å². The molecule has 1 aromatic carbocycles. The summed E-state index contributed by atoms with van der Waals surface area (Å²) in [6, 6.07) is 10.1. The van der Waals surface area contributed by atoms with Crippen molar-refractivity contribution in [3.05, 3.63) is 48.9 Å². The van der Waals surface area contributed by atoms with E-state index in [0.29, 0.717) is 11.8 Å². The molecule has 1 radical (unpaired) electrons. The van der Waals surface area contributed by atoms with Gasteiger partial charge in [-0.1, -0.05) is 122 Å². The van der Waals surface area contributed by atoms with Crippen LogP contribution < -0.4 is 0 Å². The first kappa shape index (κ1) is 29.9. The monoisotopic (exact) mass is 463 g/mol. The van der Waals surface area contributed by atoms with E-state index in [-0.39, 0.29) is 32.3 Å². The minimum absolute atomic E-state index is 0. The first-order valence-electron chi connectivity index (χ1n) is 11.2. The van der Waals surface area contributed by atoms with Gasteiger partial charge in [-0.05, 0) is 11.8 Å². The fourth-order valence-corrected chi connectivity index (χ4v) is 3.24. The van der Waals surface area contributed by atoms with Gasteiger partial charge in [0.25, 0.3) is 0 Å². The van der Waals surface area contributed by atoms with E-state index in [1.165, 1.54) is 69.8 Å². The van der Waals surface area contributed by atoms with Crippen LogP contribution >= 0.6 is 0 Å². The molecule has 2 heteroatoms. The average Bonchev–Trinajstić information content (AvgIpc) is 3.41. The Labute approximate surface area is 195 Å². The third-order valence-corrected chi connectivity index (χ3v) is 4.98. The van der Waals surface area contributed by atoms with E-state index in [0.717, 1.165) is 0 Å². The van der Waals surface area contributed by atoms with Crippen molar-refractivity contribution in [1.82, 2.24) is 0 Å². The SMILES string of the molecule is C1CCCC1.C1CCCC1.CC(C)C(O)C(C)C.[CH2-]/C=C/c1ccccc1.[Zr+3]. The molecular weight excluding hydrogens is 420 g/mol. The molecule has 0 aromatic heterocycles. The molecule has 0 spiro atoms. The van der Waals surface area contributed by atoms with Gasteiger partial charge in [0.1, 0.15) is 0 Å². The van der Waals surface area contributed by atoms with E-state index in [4.69, 9.17) is 0 Å². The largest absolute Gasteiger partial charge is 3.00 e. The van der Waals surface area contributed by atoms with Crippen molar-refractivity contribution in [2.24, 2.45) is 11.8 Å². The average molecular weight is 465 g/mol. The van der Waals surface area contributed by atoms with Gasteiger partial charge in [0.2, 0.25) is 0 Å². The van der Waals surface area contributed by atoms with Crippen molar-refractivity contribution in [2.75, 3.05) is 0 Å². The van der Waals surface area contributed by atoms with Crippen LogP contribution in [0.25, 0.3) is 6.08 Å². The van der Waals surface area contributed by atoms with E-state index in [1.807, 2.05) is 64.1 Å². The minimum atomic E-state index is -0.130. The van der Waals surface area contributed by atoms with E-state index < -0.39 is 0 Å². The van der Waals surface area contributed by atoms with Crippen LogP contribution in [0, 0.1) is 18.8 Å². The molecule has 0 bridgehead atoms. The number of hydrogen-bond donors (Lipinski definition) is 1. The Bertz CT molecular complexity index is 398. The summed E-state index contributed by atoms with van der Waals surface area (Å²) >= 11 is 0. The molecule has 2 saturated carbocycles. The summed E-state index contributed by atoms with van der Waals surface area (Å²) in [7, 11) is 0. The van der Waals surface area contributed by atoms with E-state index in [1.54, 1.807) is 6.08 Å². The van der Waals surface area contributed by atoms with Crippen LogP contribution in [0.2, 0.25) is 0 Å². The molecule has 0 unspecified atom stereocenters. The smallest absolute Gasteiger partial charge is 0.393 e. The molecule has 2 fully saturated rings. The quantitative estimate of drug-likeness (QED) is 0.448. The van der Waals surface area contributed by atoms with Gasteiger partial charge in [0.05, 0.1) is 6.10 Å². The molecule has 0 aliphatic heterocycles. The van der Waals surface area contributed by atoms with Crippen molar-refractivity contribution in [1.29, 1.82) is 0 Å². The Morgan fingerprint density at radius 1 is 0.714 bits per heavy atom. The topological polar surface area (TPSA) is 20.2 Å². The van der Waals surface area contributed by atoms with Crippen LogP contribution in [0.1, 0.15) is 97.5 Å². The maximum Gasteiger partial charge on any atom is 3.00 e. The third-order valence-electron chi connectivity index (χ3n) is 4.98. The Hall–Kier alpha value is -0.327. The maximum atomic E-state index is 9.20. The standard InChI is InChI=1S/C9H9.C7H16O.2C5H10.Zr/c1-2-6-9-7-4-3-5-8-9;1-5(2)7(8)6(3)4;2*1-2-4-5-3-1;/h2-8H,1H2;5-8H,1-4H3;2*1-5H2;/q-1;;;;+3/b6-2+;;;;. The molecule has 0 saturated heterocycles. The summed E-state index contributed by atoms with van der Waals surface area (Å²) in [5.74, 6) is 0.796. The fraction of sp³-hybridized carbons (Fsp3) is 0.654. The zero-order valence-electron chi connectivity index (χ0n) is 19.0. The van der Waals surface area contributed by atoms with Gasteiger partial charge in [-0.25, -0.2) is 19.1 Å². The summed E-state index contributed by atoms with van der Waals surface area (Å²) in [5, 5.41) is 9.20. The van der Waals surface area contributed by atoms with Gasteiger partial charge < -0.3 is 5.11 Å². The number of allylic oxidation sites excluding steroid dienone is 1. The minimum Gasteiger partial charge on any atom is -0.393 e. The predicted molar refractivity (Wildman–Crippen MR) is 123 cm³/mol. The van der Waals surface area contributed by atoms with Gasteiger partial charge >= 0.3 is 26.2 Å². The predicted octanol–water partition coefficient (Wildman–Crippen LogP) is 8.09. The van der Waals surface area contributed by atoms with Crippen LogP contribution in [-0.4, -0.2) is 11.2 Å². The van der Waals surface area contributed by atoms with Crippen LogP contribution in [-0.2, 0) is 26.2 Å². The first-order valence-corrected chi connectivity index (χ1v) is 11.2. The molecule has 1 nitrogen and oxygen atoms in total. The Balaban J connectivity index is 0. The molecule has 0 heterocycles. The molecule has 3 rings (SSSR count). The van der Waals surface area contributed by atoms with Crippen molar-refractivity contribution in [3.8, 4) is 0 Å². The molecule has 2 aliphatic rings. The van der Waals surface area contributed by atoms with Crippen LogP contribution in [0.5, 0.6) is 0 Å². The molecule has 1 aromatic rings. The van der Waals surface area contributed by atoms with Gasteiger partial charge in [0, 0.05) is 0 Å². The third kappa shape index (κ3) is 19.0. The van der Waals surface area contributed by atoms with E-state index >= 15 is 0 Å². The van der Waals surface area contributed by atoms with Crippen LogP contribution in [0.4, 0.5) is 0 Å². The molecule has 28 heavy (non-hydrogen) atoms. The summed E-state index contributed by atoms with van der Waals surface area (Å²) in [6.45, 7) is 11.7. The molecule has 2 aliphatic carbocycles. The second kappa shape index (κ2) is 21.4. The van der Waals surface area contributed by atoms with Gasteiger partial charge in [-0.15, -0.1) is 5.56 Å². The number of aliphatic hydroxyl groups is 1. The maximum absolute atomic E-state index is 9.20. The Morgan fingerprint density at radius 3 is 1.25 bits per heavy atom. The molecule has 0 amide bonds. The second-order valence-corrected chi connectivity index (χ2v) is 8.33. The molecule has 157 valence electrons. The van der Waals surface area contributed by atoms with Gasteiger partial charge in [0.15, 0.2) is 0 Å². The Kier molecular flexibility index (Phi) is 22.8. The molecule has 1 N–H and O–H groups in total. The fourth-order valence-electron chi connectivity index (χ4n) is 3.24. The summed E-state index contributed by atoms with van der Waals surface area (Å²) in [4.78, 5) is 0. The number of rotatable bonds is 3. The van der Waals surface area contributed by atoms with Crippen molar-refractivity contribution >= 4 is 6.08 Å². The number of hydrogen-bond acceptors (Lipinski definition) is 1. The zero-order valence-corrected chi connectivity index (χ0v) is 21.5. The molecule has 0 atom stereocenters. The second-order valence-electron chi connectivity index (χ2n) is 8.33. The summed E-state index contributed by atoms with van der Waals surface area (Å²) in [6.07, 6.45) is 18.6. The first-order chi connectivity index (χ1) is 13.0. The van der Waals surface area contributed by atoms with E-state index in [9.17, 15) is 5.11 Å². The van der Waals surface area contributed by atoms with Gasteiger partial charge in [-0.3, -0.25) is 0 Å². The van der Waals surface area contributed by atoms with Crippen molar-refractivity contribution in [3.63, 3.8) is 0 Å². The summed E-state index contributed by atoms with van der Waals surface area (Å²) < 4.78 is 0. The Morgan fingerprint density at radius 2 is 1.04 bits per heavy atom. The van der Waals surface area contributed by atoms with Crippen molar-refractivity contribution in [2.45, 2.75) is 98.0 Å². The van der Waals surface area contributed by atoms with Gasteiger partial charge in [-0.2, -0.15) is 0 Å². The van der Waals surface area contributed by atoms with Crippen molar-refractivity contribution < 1.29 is 31.3 Å².